The molecule has 0 aromatic heterocycles. The van der Waals surface area contributed by atoms with E-state index in [0.717, 1.165) is 19.3 Å². The second-order valence-electron chi connectivity index (χ2n) is 6.92. The molecule has 162 valence electrons. The minimum absolute atomic E-state index is 0.0487. The molecule has 1 aliphatic heterocycles. The van der Waals surface area contributed by atoms with E-state index in [-0.39, 0.29) is 40.5 Å². The fraction of sp³-hybridized carbons (Fsp3) is 0.579. The Hall–Kier alpha value is -1.35. The Kier molecular flexibility index (Phi) is 9.20. The number of piperidine rings is 1. The quantitative estimate of drug-likeness (QED) is 0.447. The molecule has 7 nitrogen and oxygen atoms in total. The van der Waals surface area contributed by atoms with Gasteiger partial charge in [-0.1, -0.05) is 43.0 Å². The molecular weight excluding hydrogens is 439 g/mol. The van der Waals surface area contributed by atoms with Gasteiger partial charge in [0.05, 0.1) is 10.9 Å². The highest BCUT2D eigenvalue weighted by Gasteiger charge is 2.34. The van der Waals surface area contributed by atoms with Gasteiger partial charge >= 0.3 is 5.97 Å². The third-order valence-electron chi connectivity index (χ3n) is 4.75. The smallest absolute Gasteiger partial charge is 0.309 e. The lowest BCUT2D eigenvalue weighted by Gasteiger charge is -2.30. The fourth-order valence-corrected chi connectivity index (χ4v) is 5.26. The van der Waals surface area contributed by atoms with Gasteiger partial charge in [-0.15, -0.1) is 0 Å². The van der Waals surface area contributed by atoms with Crippen molar-refractivity contribution in [1.82, 2.24) is 9.62 Å². The number of carbonyl (C=O) groups excluding carboxylic acids is 2. The monoisotopic (exact) mass is 464 g/mol. The highest BCUT2D eigenvalue weighted by Crippen LogP contribution is 2.30. The molecule has 0 bridgehead atoms. The number of sulfonamides is 1. The van der Waals surface area contributed by atoms with Crippen molar-refractivity contribution in [2.45, 2.75) is 43.9 Å². The van der Waals surface area contributed by atoms with Crippen LogP contribution in [0.4, 0.5) is 0 Å². The summed E-state index contributed by atoms with van der Waals surface area (Å²) in [7, 11) is -3.80. The summed E-state index contributed by atoms with van der Waals surface area (Å²) in [6, 6.07) is 4.28. The van der Waals surface area contributed by atoms with Gasteiger partial charge in [0.1, 0.15) is 4.90 Å². The second-order valence-corrected chi connectivity index (χ2v) is 9.67. The van der Waals surface area contributed by atoms with Crippen molar-refractivity contribution in [2.24, 2.45) is 5.92 Å². The Morgan fingerprint density at radius 2 is 1.90 bits per heavy atom. The van der Waals surface area contributed by atoms with Crippen LogP contribution in [0.15, 0.2) is 23.1 Å². The minimum Gasteiger partial charge on any atom is -0.455 e. The van der Waals surface area contributed by atoms with Crippen LogP contribution in [-0.4, -0.2) is 50.8 Å². The summed E-state index contributed by atoms with van der Waals surface area (Å²) >= 11 is 11.9. The van der Waals surface area contributed by atoms with Crippen molar-refractivity contribution >= 4 is 45.1 Å². The molecule has 1 saturated heterocycles. The molecule has 10 heteroatoms. The topological polar surface area (TPSA) is 92.8 Å². The molecule has 1 aliphatic rings. The summed E-state index contributed by atoms with van der Waals surface area (Å²) in [4.78, 5) is 23.8. The number of ether oxygens (including phenoxy) is 1. The number of hydrogen-bond acceptors (Lipinski definition) is 5. The number of unbranched alkanes of at least 4 members (excludes halogenated alkanes) is 2. The van der Waals surface area contributed by atoms with E-state index >= 15 is 0 Å². The Bertz CT molecular complexity index is 824. The first-order valence-electron chi connectivity index (χ1n) is 9.64. The third kappa shape index (κ3) is 6.84. The zero-order chi connectivity index (χ0) is 21.4. The maximum Gasteiger partial charge on any atom is 0.309 e. The normalized spacial score (nSPS) is 15.8. The zero-order valence-corrected chi connectivity index (χ0v) is 18.7. The van der Waals surface area contributed by atoms with Crippen molar-refractivity contribution in [3.8, 4) is 0 Å². The number of nitrogens with zero attached hydrogens (tertiary/aromatic N) is 1. The molecule has 0 saturated carbocycles. The SMILES string of the molecule is CCCCCNC(=O)COC(=O)C1CCN(S(=O)(=O)c2cc(Cl)ccc2Cl)CC1. The maximum absolute atomic E-state index is 12.8. The standard InChI is InChI=1S/C19H26Cl2N2O5S/c1-2-3-4-9-22-18(24)13-28-19(25)14-7-10-23(11-8-14)29(26,27)17-12-15(20)5-6-16(17)21/h5-6,12,14H,2-4,7-11,13H2,1H3,(H,22,24). The van der Waals surface area contributed by atoms with Gasteiger partial charge in [-0.25, -0.2) is 8.42 Å². The number of halogens is 2. The van der Waals surface area contributed by atoms with Gasteiger partial charge in [-0.05, 0) is 37.5 Å². The molecule has 1 aromatic rings. The number of amides is 1. The Morgan fingerprint density at radius 1 is 1.21 bits per heavy atom. The van der Waals surface area contributed by atoms with Crippen molar-refractivity contribution in [2.75, 3.05) is 26.2 Å². The molecule has 0 aliphatic carbocycles. The average molecular weight is 465 g/mol. The lowest BCUT2D eigenvalue weighted by molar-refractivity contribution is -0.153. The molecule has 1 amide bonds. The van der Waals surface area contributed by atoms with Gasteiger partial charge in [0.2, 0.25) is 10.0 Å². The van der Waals surface area contributed by atoms with Crippen molar-refractivity contribution < 1.29 is 22.7 Å². The summed E-state index contributed by atoms with van der Waals surface area (Å²) in [6.07, 6.45) is 3.60. The Balaban J connectivity index is 1.83. The van der Waals surface area contributed by atoms with Crippen LogP contribution in [0.5, 0.6) is 0 Å². The number of nitrogens with one attached hydrogen (secondary N) is 1. The maximum atomic E-state index is 12.8. The van der Waals surface area contributed by atoms with Crippen LogP contribution >= 0.6 is 23.2 Å². The minimum atomic E-state index is -3.80. The van der Waals surface area contributed by atoms with Crippen LogP contribution in [0.3, 0.4) is 0 Å². The zero-order valence-electron chi connectivity index (χ0n) is 16.3. The van der Waals surface area contributed by atoms with Crippen LogP contribution in [0.2, 0.25) is 10.0 Å². The summed E-state index contributed by atoms with van der Waals surface area (Å²) in [5, 5.41) is 3.08. The Morgan fingerprint density at radius 3 is 2.55 bits per heavy atom. The predicted octanol–water partition coefficient (Wildman–Crippen LogP) is 3.24. The number of benzene rings is 1. The molecule has 0 unspecified atom stereocenters. The van der Waals surface area contributed by atoms with E-state index < -0.39 is 21.9 Å². The molecule has 1 fully saturated rings. The summed E-state index contributed by atoms with van der Waals surface area (Å²) in [5.41, 5.74) is 0. The highest BCUT2D eigenvalue weighted by atomic mass is 35.5. The Labute approximate surface area is 181 Å². The van der Waals surface area contributed by atoms with E-state index in [0.29, 0.717) is 19.4 Å². The molecule has 2 rings (SSSR count). The van der Waals surface area contributed by atoms with E-state index in [2.05, 4.69) is 12.2 Å². The van der Waals surface area contributed by atoms with E-state index in [1.807, 2.05) is 0 Å². The summed E-state index contributed by atoms with van der Waals surface area (Å²) in [5.74, 6) is -1.25. The third-order valence-corrected chi connectivity index (χ3v) is 7.36. The van der Waals surface area contributed by atoms with E-state index in [1.54, 1.807) is 0 Å². The second kappa shape index (κ2) is 11.2. The molecule has 1 N–H and O–H groups in total. The van der Waals surface area contributed by atoms with Gasteiger partial charge in [-0.3, -0.25) is 9.59 Å². The lowest BCUT2D eigenvalue weighted by atomic mass is 9.98. The van der Waals surface area contributed by atoms with Gasteiger partial charge in [0, 0.05) is 24.7 Å². The molecule has 0 radical (unpaired) electrons. The lowest BCUT2D eigenvalue weighted by Crippen LogP contribution is -2.41. The largest absolute Gasteiger partial charge is 0.455 e. The molecular formula is C19H26Cl2N2O5S. The molecule has 0 spiro atoms. The number of esters is 1. The van der Waals surface area contributed by atoms with Crippen LogP contribution in [0.1, 0.15) is 39.0 Å². The molecule has 0 atom stereocenters. The highest BCUT2D eigenvalue weighted by molar-refractivity contribution is 7.89. The van der Waals surface area contributed by atoms with Crippen LogP contribution < -0.4 is 5.32 Å². The van der Waals surface area contributed by atoms with Gasteiger partial charge in [0.15, 0.2) is 6.61 Å². The number of hydrogen-bond donors (Lipinski definition) is 1. The van der Waals surface area contributed by atoms with Crippen LogP contribution in [-0.2, 0) is 24.3 Å². The molecule has 1 heterocycles. The first-order valence-corrected chi connectivity index (χ1v) is 11.8. The van der Waals surface area contributed by atoms with Gasteiger partial charge in [0.25, 0.3) is 5.91 Å². The fourth-order valence-electron chi connectivity index (χ4n) is 3.05. The summed E-state index contributed by atoms with van der Waals surface area (Å²) < 4.78 is 32.0. The van der Waals surface area contributed by atoms with Crippen molar-refractivity contribution in [1.29, 1.82) is 0 Å². The van der Waals surface area contributed by atoms with Crippen molar-refractivity contribution in [3.63, 3.8) is 0 Å². The van der Waals surface area contributed by atoms with E-state index in [4.69, 9.17) is 27.9 Å². The van der Waals surface area contributed by atoms with E-state index in [9.17, 15) is 18.0 Å². The predicted molar refractivity (Wildman–Crippen MR) is 111 cm³/mol. The molecule has 29 heavy (non-hydrogen) atoms. The summed E-state index contributed by atoms with van der Waals surface area (Å²) in [6.45, 7) is 2.64. The van der Waals surface area contributed by atoms with Gasteiger partial charge in [-0.2, -0.15) is 4.31 Å². The van der Waals surface area contributed by atoms with E-state index in [1.165, 1.54) is 22.5 Å². The number of carbonyl (C=O) groups is 2. The van der Waals surface area contributed by atoms with Gasteiger partial charge < -0.3 is 10.1 Å². The molecule has 1 aromatic carbocycles. The van der Waals surface area contributed by atoms with Crippen LogP contribution in [0.25, 0.3) is 0 Å². The first-order chi connectivity index (χ1) is 13.8. The van der Waals surface area contributed by atoms with Crippen LogP contribution in [0, 0.1) is 5.92 Å². The first kappa shape index (κ1) is 23.9. The number of rotatable bonds is 9. The van der Waals surface area contributed by atoms with Crippen molar-refractivity contribution in [3.05, 3.63) is 28.2 Å². The average Bonchev–Trinajstić information content (AvgIpc) is 2.71.